The maximum absolute atomic E-state index is 9.37. The lowest BCUT2D eigenvalue weighted by molar-refractivity contribution is -0.0290. The van der Waals surface area contributed by atoms with Crippen molar-refractivity contribution in [1.29, 1.82) is 0 Å². The highest BCUT2D eigenvalue weighted by Gasteiger charge is 2.27. The Bertz CT molecular complexity index is 341. The molecule has 1 rings (SSSR count). The highest BCUT2D eigenvalue weighted by molar-refractivity contribution is 5.13. The Morgan fingerprint density at radius 1 is 1.29 bits per heavy atom. The summed E-state index contributed by atoms with van der Waals surface area (Å²) in [5.74, 6) is 0. The van der Waals surface area contributed by atoms with Crippen LogP contribution in [0.4, 0.5) is 0 Å². The normalized spacial score (nSPS) is 14.1. The lowest BCUT2D eigenvalue weighted by atomic mass is 9.87. The molecule has 2 nitrogen and oxygen atoms in total. The predicted octanol–water partition coefficient (Wildman–Crippen LogP) is 3.17. The molecule has 0 heterocycles. The molecule has 0 aliphatic carbocycles. The molecule has 17 heavy (non-hydrogen) atoms. The van der Waals surface area contributed by atoms with Crippen molar-refractivity contribution in [2.24, 2.45) is 5.41 Å². The van der Waals surface area contributed by atoms with Gasteiger partial charge in [0.15, 0.2) is 0 Å². The summed E-state index contributed by atoms with van der Waals surface area (Å²) in [6, 6.07) is 10.1. The molecule has 1 N–H and O–H groups in total. The van der Waals surface area contributed by atoms with Crippen LogP contribution in [0.2, 0.25) is 0 Å². The minimum Gasteiger partial charge on any atom is -0.396 e. The van der Waals surface area contributed by atoms with E-state index in [1.807, 2.05) is 63.3 Å². The van der Waals surface area contributed by atoms with E-state index in [4.69, 9.17) is 4.74 Å². The van der Waals surface area contributed by atoms with Gasteiger partial charge in [0, 0.05) is 5.41 Å². The Balaban J connectivity index is 2.63. The number of hydrogen-bond acceptors (Lipinski definition) is 2. The monoisotopic (exact) mass is 234 g/mol. The Hall–Kier alpha value is -1.12. The predicted molar refractivity (Wildman–Crippen MR) is 70.7 cm³/mol. The third-order valence-corrected chi connectivity index (χ3v) is 2.82. The molecule has 0 radical (unpaired) electrons. The molecule has 0 saturated heterocycles. The topological polar surface area (TPSA) is 29.5 Å². The van der Waals surface area contributed by atoms with Gasteiger partial charge in [-0.25, -0.2) is 0 Å². The number of aliphatic hydroxyl groups is 1. The van der Waals surface area contributed by atoms with Gasteiger partial charge in [-0.2, -0.15) is 0 Å². The Morgan fingerprint density at radius 2 is 1.94 bits per heavy atom. The van der Waals surface area contributed by atoms with Gasteiger partial charge in [-0.15, -0.1) is 0 Å². The van der Waals surface area contributed by atoms with E-state index in [0.29, 0.717) is 6.61 Å². The molecule has 0 fully saturated rings. The third kappa shape index (κ3) is 4.33. The minimum atomic E-state index is -0.263. The SMILES string of the molecule is CC=CC(OCc1ccccc1)C(C)(C)CO. The average Bonchev–Trinajstić information content (AvgIpc) is 2.35. The van der Waals surface area contributed by atoms with E-state index < -0.39 is 0 Å². The largest absolute Gasteiger partial charge is 0.396 e. The number of rotatable bonds is 6. The van der Waals surface area contributed by atoms with Gasteiger partial charge < -0.3 is 9.84 Å². The summed E-state index contributed by atoms with van der Waals surface area (Å²) < 4.78 is 5.88. The molecule has 0 amide bonds. The molecule has 1 atom stereocenters. The van der Waals surface area contributed by atoms with Gasteiger partial charge in [-0.05, 0) is 12.5 Å². The van der Waals surface area contributed by atoms with Crippen LogP contribution >= 0.6 is 0 Å². The van der Waals surface area contributed by atoms with Crippen molar-refractivity contribution in [2.75, 3.05) is 6.61 Å². The van der Waals surface area contributed by atoms with Gasteiger partial charge >= 0.3 is 0 Å². The fourth-order valence-electron chi connectivity index (χ4n) is 1.57. The van der Waals surface area contributed by atoms with E-state index in [1.165, 1.54) is 0 Å². The highest BCUT2D eigenvalue weighted by Crippen LogP contribution is 2.24. The third-order valence-electron chi connectivity index (χ3n) is 2.82. The molecule has 2 heteroatoms. The molecular formula is C15H22O2. The first-order chi connectivity index (χ1) is 8.10. The van der Waals surface area contributed by atoms with E-state index >= 15 is 0 Å². The standard InChI is InChI=1S/C15H22O2/c1-4-8-14(15(2,3)12-16)17-11-13-9-6-5-7-10-13/h4-10,14,16H,11-12H2,1-3H3. The van der Waals surface area contributed by atoms with Crippen LogP contribution in [0.5, 0.6) is 0 Å². The number of ether oxygens (including phenoxy) is 1. The maximum Gasteiger partial charge on any atom is 0.0833 e. The van der Waals surface area contributed by atoms with E-state index in [9.17, 15) is 5.11 Å². The average molecular weight is 234 g/mol. The van der Waals surface area contributed by atoms with Crippen LogP contribution in [0.15, 0.2) is 42.5 Å². The van der Waals surface area contributed by atoms with Crippen LogP contribution in [0.25, 0.3) is 0 Å². The number of hydrogen-bond donors (Lipinski definition) is 1. The molecule has 1 unspecified atom stereocenters. The lowest BCUT2D eigenvalue weighted by Gasteiger charge is -2.30. The van der Waals surface area contributed by atoms with Gasteiger partial charge in [-0.1, -0.05) is 56.3 Å². The molecular weight excluding hydrogens is 212 g/mol. The molecule has 0 bridgehead atoms. The van der Waals surface area contributed by atoms with E-state index in [2.05, 4.69) is 0 Å². The van der Waals surface area contributed by atoms with Crippen LogP contribution < -0.4 is 0 Å². The van der Waals surface area contributed by atoms with Crippen molar-refractivity contribution in [3.05, 3.63) is 48.0 Å². The van der Waals surface area contributed by atoms with Gasteiger partial charge in [0.1, 0.15) is 0 Å². The van der Waals surface area contributed by atoms with Crippen molar-refractivity contribution < 1.29 is 9.84 Å². The molecule has 0 spiro atoms. The molecule has 0 aliphatic rings. The summed E-state index contributed by atoms with van der Waals surface area (Å²) in [6.07, 6.45) is 3.89. The van der Waals surface area contributed by atoms with Gasteiger partial charge in [0.2, 0.25) is 0 Å². The van der Waals surface area contributed by atoms with Crippen LogP contribution in [0.3, 0.4) is 0 Å². The van der Waals surface area contributed by atoms with Gasteiger partial charge in [0.25, 0.3) is 0 Å². The fourth-order valence-corrected chi connectivity index (χ4v) is 1.57. The first-order valence-electron chi connectivity index (χ1n) is 5.99. The summed E-state index contributed by atoms with van der Waals surface area (Å²) >= 11 is 0. The highest BCUT2D eigenvalue weighted by atomic mass is 16.5. The van der Waals surface area contributed by atoms with Crippen molar-refractivity contribution in [3.8, 4) is 0 Å². The van der Waals surface area contributed by atoms with Gasteiger partial charge in [0.05, 0.1) is 19.3 Å². The zero-order valence-electron chi connectivity index (χ0n) is 10.9. The van der Waals surface area contributed by atoms with Crippen LogP contribution in [0, 0.1) is 5.41 Å². The summed E-state index contributed by atoms with van der Waals surface area (Å²) in [6.45, 7) is 6.65. The zero-order valence-corrected chi connectivity index (χ0v) is 10.9. The van der Waals surface area contributed by atoms with Crippen molar-refractivity contribution in [1.82, 2.24) is 0 Å². The van der Waals surface area contributed by atoms with Crippen molar-refractivity contribution in [3.63, 3.8) is 0 Å². The summed E-state index contributed by atoms with van der Waals surface area (Å²) in [7, 11) is 0. The Labute approximate surface area is 104 Å². The lowest BCUT2D eigenvalue weighted by Crippen LogP contribution is -2.33. The maximum atomic E-state index is 9.37. The molecule has 1 aromatic rings. The van der Waals surface area contributed by atoms with Crippen molar-refractivity contribution in [2.45, 2.75) is 33.5 Å². The first-order valence-corrected chi connectivity index (χ1v) is 5.99. The molecule has 94 valence electrons. The van der Waals surface area contributed by atoms with E-state index in [1.54, 1.807) is 0 Å². The molecule has 0 aromatic heterocycles. The second-order valence-electron chi connectivity index (χ2n) is 4.89. The van der Waals surface area contributed by atoms with E-state index in [-0.39, 0.29) is 18.1 Å². The molecule has 0 saturated carbocycles. The Kier molecular flexibility index (Phi) is 5.39. The minimum absolute atomic E-state index is 0.0716. The van der Waals surface area contributed by atoms with Gasteiger partial charge in [-0.3, -0.25) is 0 Å². The van der Waals surface area contributed by atoms with Crippen LogP contribution in [-0.4, -0.2) is 17.8 Å². The Morgan fingerprint density at radius 3 is 2.47 bits per heavy atom. The second kappa shape index (κ2) is 6.58. The summed E-state index contributed by atoms with van der Waals surface area (Å²) in [5, 5.41) is 9.37. The number of aliphatic hydroxyl groups excluding tert-OH is 1. The van der Waals surface area contributed by atoms with Crippen LogP contribution in [0.1, 0.15) is 26.3 Å². The van der Waals surface area contributed by atoms with Crippen molar-refractivity contribution >= 4 is 0 Å². The van der Waals surface area contributed by atoms with E-state index in [0.717, 1.165) is 5.56 Å². The fraction of sp³-hybridized carbons (Fsp3) is 0.467. The molecule has 1 aromatic carbocycles. The number of benzene rings is 1. The van der Waals surface area contributed by atoms with Crippen LogP contribution in [-0.2, 0) is 11.3 Å². The number of allylic oxidation sites excluding steroid dienone is 1. The first kappa shape index (κ1) is 13.9. The second-order valence-corrected chi connectivity index (χ2v) is 4.89. The summed E-state index contributed by atoms with van der Waals surface area (Å²) in [4.78, 5) is 0. The smallest absolute Gasteiger partial charge is 0.0833 e. The quantitative estimate of drug-likeness (QED) is 0.766. The molecule has 0 aliphatic heterocycles. The zero-order chi connectivity index (χ0) is 12.7. The summed E-state index contributed by atoms with van der Waals surface area (Å²) in [5.41, 5.74) is 0.886.